The van der Waals surface area contributed by atoms with Crippen LogP contribution in [-0.2, 0) is 10.0 Å². The topological polar surface area (TPSA) is 92.2 Å². The third-order valence-electron chi connectivity index (χ3n) is 0.903. The summed E-state index contributed by atoms with van der Waals surface area (Å²) in [6.45, 7) is 0. The van der Waals surface area contributed by atoms with Gasteiger partial charge in [0.1, 0.15) is 0 Å². The highest BCUT2D eigenvalue weighted by Crippen LogP contribution is 1.95. The van der Waals surface area contributed by atoms with Gasteiger partial charge in [0.05, 0.1) is 0 Å². The fraction of sp³-hybridized carbons (Fsp3) is 0. The molecule has 7 heteroatoms. The van der Waals surface area contributed by atoms with Crippen LogP contribution in [0.25, 0.3) is 0 Å². The van der Waals surface area contributed by atoms with Crippen molar-refractivity contribution in [2.45, 2.75) is 5.16 Å². The molecule has 1 aromatic heterocycles. The van der Waals surface area contributed by atoms with Crippen LogP contribution in [0, 0.1) is 0 Å². The van der Waals surface area contributed by atoms with Crippen LogP contribution >= 0.6 is 0 Å². The van der Waals surface area contributed by atoms with Gasteiger partial charge in [-0.15, -0.1) is 0 Å². The van der Waals surface area contributed by atoms with Crippen LogP contribution in [0.4, 0.5) is 0 Å². The highest BCUT2D eigenvalue weighted by atomic mass is 32.2. The second-order valence-corrected chi connectivity index (χ2v) is 3.18. The Morgan fingerprint density at radius 1 is 1.36 bits per heavy atom. The Hall–Kier alpha value is -1.05. The molecule has 60 valence electrons. The number of sulfonamides is 1. The maximum atomic E-state index is 10.7. The van der Waals surface area contributed by atoms with E-state index in [-0.39, 0.29) is 0 Å². The highest BCUT2D eigenvalue weighted by molar-refractivity contribution is 7.89. The van der Waals surface area contributed by atoms with Gasteiger partial charge in [0.15, 0.2) is 0 Å². The molecule has 1 heterocycles. The lowest BCUT2D eigenvalue weighted by atomic mass is 10.7. The maximum Gasteiger partial charge on any atom is 0.297 e. The molecule has 1 aromatic rings. The van der Waals surface area contributed by atoms with E-state index in [0.29, 0.717) is 0 Å². The van der Waals surface area contributed by atoms with Gasteiger partial charge in [-0.1, -0.05) is 4.89 Å². The summed E-state index contributed by atoms with van der Waals surface area (Å²) < 4.78 is 21.4. The minimum absolute atomic E-state index is 0.456. The second kappa shape index (κ2) is 2.91. The second-order valence-electron chi connectivity index (χ2n) is 1.63. The smallest absolute Gasteiger partial charge is 0.297 e. The minimum Gasteiger partial charge on any atom is -0.302 e. The molecule has 0 bridgehead atoms. The molecule has 1 rings (SSSR count). The maximum absolute atomic E-state index is 10.7. The Morgan fingerprint density at radius 2 is 1.91 bits per heavy atom. The first-order chi connectivity index (χ1) is 5.17. The Labute approximate surface area is 62.9 Å². The van der Waals surface area contributed by atoms with E-state index in [9.17, 15) is 8.42 Å². The summed E-state index contributed by atoms with van der Waals surface area (Å²) in [7, 11) is -3.91. The molecule has 0 aliphatic heterocycles. The van der Waals surface area contributed by atoms with Crippen LogP contribution in [0.2, 0.25) is 0 Å². The summed E-state index contributed by atoms with van der Waals surface area (Å²) in [6, 6.07) is 1.47. The molecule has 0 saturated heterocycles. The average molecular weight is 175 g/mol. The van der Waals surface area contributed by atoms with E-state index in [2.05, 4.69) is 9.97 Å². The molecule has 0 saturated carbocycles. The molecule has 0 amide bonds. The molecule has 0 unspecified atom stereocenters. The van der Waals surface area contributed by atoms with Crippen molar-refractivity contribution in [1.29, 1.82) is 0 Å². The van der Waals surface area contributed by atoms with Crippen LogP contribution in [0.3, 0.4) is 0 Å². The molecule has 0 spiro atoms. The summed E-state index contributed by atoms with van der Waals surface area (Å²) in [5.74, 6) is 0. The molecule has 0 aliphatic carbocycles. The van der Waals surface area contributed by atoms with Crippen LogP contribution in [0.5, 0.6) is 0 Å². The van der Waals surface area contributed by atoms with Gasteiger partial charge < -0.3 is 5.21 Å². The molecular weight excluding hydrogens is 170 g/mol. The molecule has 2 N–H and O–H groups in total. The normalized spacial score (nSPS) is 11.4. The summed E-state index contributed by atoms with van der Waals surface area (Å²) in [5.41, 5.74) is 0. The SMILES string of the molecule is O=S(=O)(NO)c1ncccn1. The number of hydrogen-bond acceptors (Lipinski definition) is 5. The van der Waals surface area contributed by atoms with Gasteiger partial charge in [0.2, 0.25) is 0 Å². The van der Waals surface area contributed by atoms with E-state index in [1.54, 1.807) is 0 Å². The standard InChI is InChI=1S/C4H5N3O3S/c8-7-11(9,10)4-5-2-1-3-6-4/h1-3,7-8H. The van der Waals surface area contributed by atoms with E-state index < -0.39 is 15.2 Å². The van der Waals surface area contributed by atoms with Crippen molar-refractivity contribution < 1.29 is 13.6 Å². The number of nitrogens with one attached hydrogen (secondary N) is 1. The Bertz CT molecular complexity index is 322. The molecule has 11 heavy (non-hydrogen) atoms. The monoisotopic (exact) mass is 175 g/mol. The third-order valence-corrected chi connectivity index (χ3v) is 1.83. The van der Waals surface area contributed by atoms with Crippen molar-refractivity contribution in [2.75, 3.05) is 0 Å². The molecule has 0 aliphatic rings. The van der Waals surface area contributed by atoms with Crippen molar-refractivity contribution in [3.63, 3.8) is 0 Å². The highest BCUT2D eigenvalue weighted by Gasteiger charge is 2.14. The van der Waals surface area contributed by atoms with Crippen LogP contribution < -0.4 is 4.89 Å². The zero-order valence-electron chi connectivity index (χ0n) is 5.30. The number of hydrogen-bond donors (Lipinski definition) is 2. The van der Waals surface area contributed by atoms with Gasteiger partial charge >= 0.3 is 0 Å². The molecule has 0 radical (unpaired) electrons. The first-order valence-corrected chi connectivity index (χ1v) is 4.08. The van der Waals surface area contributed by atoms with Crippen LogP contribution in [0.15, 0.2) is 23.6 Å². The molecule has 0 fully saturated rings. The molecule has 0 atom stereocenters. The van der Waals surface area contributed by atoms with Crippen molar-refractivity contribution in [3.8, 4) is 0 Å². The lowest BCUT2D eigenvalue weighted by Gasteiger charge is -1.95. The van der Waals surface area contributed by atoms with Crippen molar-refractivity contribution in [1.82, 2.24) is 14.9 Å². The van der Waals surface area contributed by atoms with E-state index >= 15 is 0 Å². The van der Waals surface area contributed by atoms with E-state index in [1.165, 1.54) is 18.5 Å². The van der Waals surface area contributed by atoms with Gasteiger partial charge in [-0.2, -0.15) is 0 Å². The molecule has 6 nitrogen and oxygen atoms in total. The number of rotatable bonds is 2. The first kappa shape index (κ1) is 8.05. The Morgan fingerprint density at radius 3 is 2.36 bits per heavy atom. The van der Waals surface area contributed by atoms with E-state index in [0.717, 1.165) is 4.89 Å². The Balaban J connectivity index is 3.14. The van der Waals surface area contributed by atoms with Gasteiger partial charge in [-0.05, 0) is 6.07 Å². The van der Waals surface area contributed by atoms with Gasteiger partial charge in [-0.25, -0.2) is 18.4 Å². The third kappa shape index (κ3) is 1.70. The van der Waals surface area contributed by atoms with Gasteiger partial charge in [0.25, 0.3) is 15.2 Å². The van der Waals surface area contributed by atoms with E-state index in [1.807, 2.05) is 0 Å². The largest absolute Gasteiger partial charge is 0.302 e. The fourth-order valence-corrected chi connectivity index (χ4v) is 0.946. The average Bonchev–Trinajstić information content (AvgIpc) is 2.06. The number of nitrogens with zero attached hydrogens (tertiary/aromatic N) is 2. The predicted octanol–water partition coefficient (Wildman–Crippen LogP) is -0.856. The fourth-order valence-electron chi connectivity index (χ4n) is 0.465. The lowest BCUT2D eigenvalue weighted by Crippen LogP contribution is -2.21. The molecule has 0 aromatic carbocycles. The zero-order chi connectivity index (χ0) is 8.32. The van der Waals surface area contributed by atoms with Gasteiger partial charge in [0, 0.05) is 12.4 Å². The lowest BCUT2D eigenvalue weighted by molar-refractivity contribution is 0.241. The van der Waals surface area contributed by atoms with Crippen LogP contribution in [0.1, 0.15) is 0 Å². The van der Waals surface area contributed by atoms with E-state index in [4.69, 9.17) is 5.21 Å². The minimum atomic E-state index is -3.91. The first-order valence-electron chi connectivity index (χ1n) is 2.60. The Kier molecular flexibility index (Phi) is 2.13. The molecular formula is C4H5N3O3S. The van der Waals surface area contributed by atoms with Crippen LogP contribution in [-0.4, -0.2) is 23.6 Å². The van der Waals surface area contributed by atoms with Crippen molar-refractivity contribution in [3.05, 3.63) is 18.5 Å². The van der Waals surface area contributed by atoms with Gasteiger partial charge in [-0.3, -0.25) is 0 Å². The zero-order valence-corrected chi connectivity index (χ0v) is 6.11. The summed E-state index contributed by atoms with van der Waals surface area (Å²) in [5, 5.41) is 7.67. The van der Waals surface area contributed by atoms with Crippen molar-refractivity contribution >= 4 is 10.0 Å². The van der Waals surface area contributed by atoms with Crippen molar-refractivity contribution in [2.24, 2.45) is 0 Å². The predicted molar refractivity (Wildman–Crippen MR) is 34.1 cm³/mol. The number of aromatic nitrogens is 2. The summed E-state index contributed by atoms with van der Waals surface area (Å²) in [6.07, 6.45) is 2.52. The quantitative estimate of drug-likeness (QED) is 0.451. The summed E-state index contributed by atoms with van der Waals surface area (Å²) >= 11 is 0. The summed E-state index contributed by atoms with van der Waals surface area (Å²) in [4.78, 5) is 7.90.